The van der Waals surface area contributed by atoms with Crippen LogP contribution in [0.5, 0.6) is 0 Å². The molecule has 5 atom stereocenters. The molecule has 0 saturated carbocycles. The van der Waals surface area contributed by atoms with E-state index in [-0.39, 0.29) is 21.2 Å². The number of benzene rings is 1. The van der Waals surface area contributed by atoms with Crippen LogP contribution >= 0.6 is 35.0 Å². The Morgan fingerprint density at radius 1 is 1.02 bits per heavy atom. The maximum atomic E-state index is 12.7. The smallest absolute Gasteiger partial charge is 0.300 e. The summed E-state index contributed by atoms with van der Waals surface area (Å²) in [6.45, 7) is 10.4. The number of thioether (sulfide) groups is 1. The van der Waals surface area contributed by atoms with Gasteiger partial charge in [0.25, 0.3) is 5.91 Å². The second-order valence-electron chi connectivity index (χ2n) is 11.8. The van der Waals surface area contributed by atoms with Gasteiger partial charge in [0.05, 0.1) is 17.1 Å². The number of hydrogen-bond donors (Lipinski definition) is 5. The Labute approximate surface area is 261 Å². The van der Waals surface area contributed by atoms with Crippen molar-refractivity contribution in [2.24, 2.45) is 0 Å². The lowest BCUT2D eigenvalue weighted by Crippen LogP contribution is -2.88. The summed E-state index contributed by atoms with van der Waals surface area (Å²) < 4.78 is 6.35. The molecule has 0 aromatic heterocycles. The van der Waals surface area contributed by atoms with Gasteiger partial charge in [-0.25, -0.2) is 0 Å². The lowest BCUT2D eigenvalue weighted by atomic mass is 9.57. The molecular weight excluding hydrogens is 609 g/mol. The third-order valence-corrected chi connectivity index (χ3v) is 10.9. The van der Waals surface area contributed by atoms with Crippen molar-refractivity contribution in [2.75, 3.05) is 24.7 Å². The molecule has 2 amide bonds. The average molecular weight is 653 g/mol. The molecule has 1 aromatic carbocycles. The number of carbonyl (C=O) groups is 2. The molecule has 1 aliphatic heterocycles. The summed E-state index contributed by atoms with van der Waals surface area (Å²) >= 11 is 13.6. The molecule has 1 fully saturated rings. The van der Waals surface area contributed by atoms with Crippen LogP contribution in [0.1, 0.15) is 83.1 Å². The summed E-state index contributed by atoms with van der Waals surface area (Å²) in [4.78, 5) is 35.6. The van der Waals surface area contributed by atoms with Gasteiger partial charge in [0, 0.05) is 24.2 Å². The van der Waals surface area contributed by atoms with Gasteiger partial charge in [-0.3, -0.25) is 19.7 Å². The van der Waals surface area contributed by atoms with Gasteiger partial charge in [-0.15, -0.1) is 0 Å². The normalized spacial score (nSPS) is 31.0. The first kappa shape index (κ1) is 36.5. The number of rotatable bonds is 13. The molecule has 2 rings (SSSR count). The van der Waals surface area contributed by atoms with E-state index in [9.17, 15) is 35.0 Å². The van der Waals surface area contributed by atoms with E-state index in [0.29, 0.717) is 18.7 Å². The number of aliphatic hydroxyl groups is 3. The number of nitrogens with one attached hydrogen (secondary N) is 2. The van der Waals surface area contributed by atoms with Crippen LogP contribution in [0.4, 0.5) is 5.69 Å². The van der Waals surface area contributed by atoms with Gasteiger partial charge < -0.3 is 30.7 Å². The van der Waals surface area contributed by atoms with E-state index in [2.05, 4.69) is 10.6 Å². The number of halogens is 2. The van der Waals surface area contributed by atoms with Crippen LogP contribution in [-0.4, -0.2) is 84.7 Å². The Morgan fingerprint density at radius 2 is 1.62 bits per heavy atom. The van der Waals surface area contributed by atoms with Crippen molar-refractivity contribution in [2.45, 2.75) is 102 Å². The highest BCUT2D eigenvalue weighted by atomic mass is 35.5. The SMILES string of the molecule is CC(=O)NC1(C)C(C)(CSCCCCCCNC(=O)c2c(C)c(Cl)cc(Cl)c2[N+](=O)[O-])OC(C)(CO)C(C)(O)C1(C)O. The number of carbonyl (C=O) groups excluding carboxylic acids is 2. The predicted octanol–water partition coefficient (Wildman–Crippen LogP) is 4.17. The molecule has 1 aromatic rings. The minimum atomic E-state index is -1.89. The van der Waals surface area contributed by atoms with E-state index in [1.54, 1.807) is 25.6 Å². The van der Waals surface area contributed by atoms with Gasteiger partial charge in [-0.1, -0.05) is 36.0 Å². The molecule has 1 saturated heterocycles. The molecule has 238 valence electrons. The predicted molar refractivity (Wildman–Crippen MR) is 164 cm³/mol. The van der Waals surface area contributed by atoms with Gasteiger partial charge in [-0.05, 0) is 71.8 Å². The van der Waals surface area contributed by atoms with E-state index in [4.69, 9.17) is 27.9 Å². The van der Waals surface area contributed by atoms with Crippen LogP contribution < -0.4 is 10.6 Å². The molecule has 5 unspecified atom stereocenters. The minimum Gasteiger partial charge on any atom is -0.393 e. The summed E-state index contributed by atoms with van der Waals surface area (Å²) in [7, 11) is 0. The highest BCUT2D eigenvalue weighted by Gasteiger charge is 2.74. The number of hydrogen-bond acceptors (Lipinski definition) is 9. The summed E-state index contributed by atoms with van der Waals surface area (Å²) in [5, 5.41) is 50.1. The molecule has 11 nitrogen and oxygen atoms in total. The van der Waals surface area contributed by atoms with Gasteiger partial charge in [-0.2, -0.15) is 11.8 Å². The van der Waals surface area contributed by atoms with E-state index in [1.165, 1.54) is 40.7 Å². The molecule has 0 radical (unpaired) electrons. The molecule has 0 aliphatic carbocycles. The zero-order valence-corrected chi connectivity index (χ0v) is 27.6. The van der Waals surface area contributed by atoms with Crippen molar-refractivity contribution in [1.29, 1.82) is 0 Å². The zero-order chi connectivity index (χ0) is 32.3. The van der Waals surface area contributed by atoms with Crippen molar-refractivity contribution in [1.82, 2.24) is 10.6 Å². The van der Waals surface area contributed by atoms with Gasteiger partial charge in [0.2, 0.25) is 5.91 Å². The first-order chi connectivity index (χ1) is 19.2. The number of nitrogens with zero attached hydrogens (tertiary/aromatic N) is 1. The molecule has 0 spiro atoms. The van der Waals surface area contributed by atoms with Crippen LogP contribution in [0.2, 0.25) is 10.0 Å². The first-order valence-electron chi connectivity index (χ1n) is 13.8. The van der Waals surface area contributed by atoms with Crippen molar-refractivity contribution >= 4 is 52.5 Å². The standard InChI is InChI=1S/C28H43Cl2N3O8S/c1-17-19(29)14-20(30)22(33(39)40)21(17)23(36)31-12-10-8-9-11-13-42-16-25(4)26(5,32-18(2)35)28(7,38)27(6,37)24(3,15-34)41-25/h14,34,37-38H,8-13,15-16H2,1-7H3,(H,31,36)(H,32,35). The quantitative estimate of drug-likeness (QED) is 0.119. The van der Waals surface area contributed by atoms with E-state index in [1.807, 2.05) is 0 Å². The number of nitro groups is 1. The van der Waals surface area contributed by atoms with Gasteiger partial charge in [0.1, 0.15) is 33.0 Å². The summed E-state index contributed by atoms with van der Waals surface area (Å²) in [6.07, 6.45) is 3.15. The molecule has 1 heterocycles. The van der Waals surface area contributed by atoms with Crippen LogP contribution in [0.25, 0.3) is 0 Å². The Balaban J connectivity index is 1.93. The highest BCUT2D eigenvalue weighted by Crippen LogP contribution is 2.54. The Morgan fingerprint density at radius 3 is 2.17 bits per heavy atom. The molecule has 14 heteroatoms. The minimum absolute atomic E-state index is 0.142. The third kappa shape index (κ3) is 6.69. The van der Waals surface area contributed by atoms with Crippen molar-refractivity contribution in [3.05, 3.63) is 37.4 Å². The largest absolute Gasteiger partial charge is 0.393 e. The highest BCUT2D eigenvalue weighted by molar-refractivity contribution is 7.99. The van der Waals surface area contributed by atoms with Gasteiger partial charge in [0.15, 0.2) is 0 Å². The maximum Gasteiger partial charge on any atom is 0.300 e. The fourth-order valence-electron chi connectivity index (χ4n) is 5.58. The second kappa shape index (κ2) is 13.5. The number of aliphatic hydroxyl groups excluding tert-OH is 1. The molecule has 5 N–H and O–H groups in total. The average Bonchev–Trinajstić information content (AvgIpc) is 2.87. The van der Waals surface area contributed by atoms with E-state index >= 15 is 0 Å². The lowest BCUT2D eigenvalue weighted by molar-refractivity contribution is -0.385. The monoisotopic (exact) mass is 651 g/mol. The third-order valence-electron chi connectivity index (χ3n) is 8.93. The van der Waals surface area contributed by atoms with Crippen LogP contribution in [0, 0.1) is 17.0 Å². The number of ether oxygens (including phenoxy) is 1. The summed E-state index contributed by atoms with van der Waals surface area (Å²) in [5.74, 6) is 0.104. The van der Waals surface area contributed by atoms with Crippen LogP contribution in [0.15, 0.2) is 6.07 Å². The lowest BCUT2D eigenvalue weighted by Gasteiger charge is -2.67. The topological polar surface area (TPSA) is 171 Å². The van der Waals surface area contributed by atoms with Crippen LogP contribution in [-0.2, 0) is 9.53 Å². The van der Waals surface area contributed by atoms with Gasteiger partial charge >= 0.3 is 5.69 Å². The van der Waals surface area contributed by atoms with E-state index in [0.717, 1.165) is 25.0 Å². The Kier molecular flexibility index (Phi) is 11.8. The van der Waals surface area contributed by atoms with Crippen molar-refractivity contribution in [3.8, 4) is 0 Å². The Hall–Kier alpha value is -1.67. The molecule has 42 heavy (non-hydrogen) atoms. The van der Waals surface area contributed by atoms with Crippen molar-refractivity contribution in [3.63, 3.8) is 0 Å². The number of amides is 2. The number of unbranched alkanes of at least 4 members (excludes halogenated alkanes) is 3. The fourth-order valence-corrected chi connectivity index (χ4v) is 7.40. The Bertz CT molecular complexity index is 1200. The van der Waals surface area contributed by atoms with Crippen LogP contribution in [0.3, 0.4) is 0 Å². The second-order valence-corrected chi connectivity index (χ2v) is 13.8. The fraction of sp³-hybridized carbons (Fsp3) is 0.714. The molecular formula is C28H43Cl2N3O8S. The first-order valence-corrected chi connectivity index (χ1v) is 15.7. The van der Waals surface area contributed by atoms with E-state index < -0.39 is 57.0 Å². The zero-order valence-electron chi connectivity index (χ0n) is 25.2. The summed E-state index contributed by atoms with van der Waals surface area (Å²) in [6, 6.07) is 1.25. The number of nitro benzene ring substituents is 1. The maximum absolute atomic E-state index is 12.7. The molecule has 0 bridgehead atoms. The van der Waals surface area contributed by atoms with Crippen molar-refractivity contribution < 1.29 is 34.6 Å². The molecule has 1 aliphatic rings. The summed E-state index contributed by atoms with van der Waals surface area (Å²) in [5.41, 5.74) is -8.12.